The summed E-state index contributed by atoms with van der Waals surface area (Å²) >= 11 is 0. The highest BCUT2D eigenvalue weighted by Gasteiger charge is 1.92. The highest BCUT2D eigenvalue weighted by Crippen LogP contribution is 2.09. The second kappa shape index (κ2) is 7.83. The number of allylic oxidation sites excluding steroid dienone is 4. The lowest BCUT2D eigenvalue weighted by molar-refractivity contribution is 0.904. The summed E-state index contributed by atoms with van der Waals surface area (Å²) in [5.74, 6) is 0. The molecule has 0 aromatic carbocycles. The van der Waals surface area contributed by atoms with Crippen LogP contribution in [0, 0.1) is 0 Å². The van der Waals surface area contributed by atoms with Gasteiger partial charge in [0.2, 0.25) is 0 Å². The maximum absolute atomic E-state index is 4.32. The number of aromatic nitrogens is 1. The topological polar surface area (TPSA) is 12.9 Å². The third-order valence-electron chi connectivity index (χ3n) is 2.71. The number of rotatable bonds is 6. The van der Waals surface area contributed by atoms with Crippen molar-refractivity contribution in [3.8, 4) is 0 Å². The Hall–Kier alpha value is -1.37. The smallest absolute Gasteiger partial charge is 0.0406 e. The minimum atomic E-state index is 1.04. The molecule has 0 radical (unpaired) electrons. The van der Waals surface area contributed by atoms with Crippen molar-refractivity contribution in [3.63, 3.8) is 0 Å². The van der Waals surface area contributed by atoms with Crippen molar-refractivity contribution in [1.82, 2.24) is 4.98 Å². The summed E-state index contributed by atoms with van der Waals surface area (Å²) in [6.45, 7) is 6.53. The normalized spacial score (nSPS) is 11.4. The molecule has 92 valence electrons. The summed E-state index contributed by atoms with van der Waals surface area (Å²) in [4.78, 5) is 4.32. The summed E-state index contributed by atoms with van der Waals surface area (Å²) < 4.78 is 0. The van der Waals surface area contributed by atoms with Crippen LogP contribution in [-0.2, 0) is 6.42 Å². The van der Waals surface area contributed by atoms with Crippen molar-refractivity contribution in [3.05, 3.63) is 53.4 Å². The second-order valence-corrected chi connectivity index (χ2v) is 4.73. The molecule has 17 heavy (non-hydrogen) atoms. The summed E-state index contributed by atoms with van der Waals surface area (Å²) in [5.41, 5.74) is 4.07. The van der Waals surface area contributed by atoms with E-state index in [0.717, 1.165) is 19.3 Å². The van der Waals surface area contributed by atoms with Gasteiger partial charge in [-0.2, -0.15) is 0 Å². The first-order valence-electron chi connectivity index (χ1n) is 6.37. The lowest BCUT2D eigenvalue weighted by Gasteiger charge is -2.00. The van der Waals surface area contributed by atoms with Crippen LogP contribution in [0.15, 0.2) is 47.7 Å². The Balaban J connectivity index is 2.26. The number of nitrogens with zero attached hydrogens (tertiary/aromatic N) is 1. The fourth-order valence-electron chi connectivity index (χ4n) is 1.70. The average Bonchev–Trinajstić information content (AvgIpc) is 2.30. The first-order chi connectivity index (χ1) is 8.18. The van der Waals surface area contributed by atoms with E-state index >= 15 is 0 Å². The number of pyridine rings is 1. The van der Waals surface area contributed by atoms with Crippen LogP contribution in [-0.4, -0.2) is 4.98 Å². The van der Waals surface area contributed by atoms with Gasteiger partial charge in [0, 0.05) is 11.9 Å². The molecule has 0 amide bonds. The third-order valence-corrected chi connectivity index (χ3v) is 2.71. The van der Waals surface area contributed by atoms with Crippen LogP contribution in [0.1, 0.15) is 45.7 Å². The molecule has 0 bridgehead atoms. The molecular weight excluding hydrogens is 206 g/mol. The number of hydrogen-bond acceptors (Lipinski definition) is 1. The van der Waals surface area contributed by atoms with E-state index in [0.29, 0.717) is 0 Å². The second-order valence-electron chi connectivity index (χ2n) is 4.73. The Labute approximate surface area is 105 Å². The molecule has 0 saturated carbocycles. The molecule has 1 aromatic heterocycles. The molecule has 0 unspecified atom stereocenters. The third kappa shape index (κ3) is 6.72. The van der Waals surface area contributed by atoms with E-state index in [4.69, 9.17) is 0 Å². The first kappa shape index (κ1) is 13.7. The van der Waals surface area contributed by atoms with Gasteiger partial charge in [0.15, 0.2) is 0 Å². The van der Waals surface area contributed by atoms with E-state index in [9.17, 15) is 0 Å². The van der Waals surface area contributed by atoms with Crippen LogP contribution in [0.3, 0.4) is 0 Å². The maximum atomic E-state index is 4.32. The predicted octanol–water partition coefficient (Wildman–Crippen LogP) is 4.71. The standard InChI is InChI=1S/C16H23N/c1-14(2)8-6-9-15(3)10-7-12-16-11-4-5-13-17-16/h4-5,8,10-11,13H,6-7,9,12H2,1-3H3/b15-10+. The van der Waals surface area contributed by atoms with E-state index in [2.05, 4.69) is 44.0 Å². The Kier molecular flexibility index (Phi) is 6.31. The molecule has 1 nitrogen and oxygen atoms in total. The van der Waals surface area contributed by atoms with Crippen LogP contribution < -0.4 is 0 Å². The first-order valence-corrected chi connectivity index (χ1v) is 6.37. The van der Waals surface area contributed by atoms with E-state index < -0.39 is 0 Å². The summed E-state index contributed by atoms with van der Waals surface area (Å²) in [6, 6.07) is 6.10. The van der Waals surface area contributed by atoms with Crippen LogP contribution >= 0.6 is 0 Å². The number of hydrogen-bond donors (Lipinski definition) is 0. The van der Waals surface area contributed by atoms with Gasteiger partial charge < -0.3 is 0 Å². The zero-order valence-electron chi connectivity index (χ0n) is 11.2. The maximum Gasteiger partial charge on any atom is 0.0406 e. The van der Waals surface area contributed by atoms with E-state index in [1.165, 1.54) is 23.3 Å². The molecule has 0 spiro atoms. The zero-order valence-corrected chi connectivity index (χ0v) is 11.2. The van der Waals surface area contributed by atoms with Gasteiger partial charge in [0.05, 0.1) is 0 Å². The summed E-state index contributed by atoms with van der Waals surface area (Å²) in [5, 5.41) is 0. The minimum absolute atomic E-state index is 1.04. The van der Waals surface area contributed by atoms with Crippen LogP contribution in [0.4, 0.5) is 0 Å². The Bertz CT molecular complexity index is 370. The quantitative estimate of drug-likeness (QED) is 0.644. The molecule has 0 aliphatic rings. The lowest BCUT2D eigenvalue weighted by Crippen LogP contribution is -1.87. The molecule has 0 atom stereocenters. The van der Waals surface area contributed by atoms with Crippen molar-refractivity contribution < 1.29 is 0 Å². The molecule has 0 fully saturated rings. The van der Waals surface area contributed by atoms with Crippen molar-refractivity contribution in [2.75, 3.05) is 0 Å². The van der Waals surface area contributed by atoms with Gasteiger partial charge in [-0.05, 0) is 58.6 Å². The van der Waals surface area contributed by atoms with Gasteiger partial charge in [-0.1, -0.05) is 29.4 Å². The largest absolute Gasteiger partial charge is 0.261 e. The fourth-order valence-corrected chi connectivity index (χ4v) is 1.70. The van der Waals surface area contributed by atoms with Gasteiger partial charge in [0.1, 0.15) is 0 Å². The predicted molar refractivity (Wildman–Crippen MR) is 75.0 cm³/mol. The van der Waals surface area contributed by atoms with Crippen molar-refractivity contribution in [2.45, 2.75) is 46.5 Å². The lowest BCUT2D eigenvalue weighted by atomic mass is 10.1. The average molecular weight is 229 g/mol. The molecular formula is C16H23N. The molecule has 1 rings (SSSR count). The van der Waals surface area contributed by atoms with Gasteiger partial charge in [0.25, 0.3) is 0 Å². The molecule has 0 aliphatic heterocycles. The summed E-state index contributed by atoms with van der Waals surface area (Å²) in [6.07, 6.45) is 11.0. The fraction of sp³-hybridized carbons (Fsp3) is 0.438. The van der Waals surface area contributed by atoms with Gasteiger partial charge in [-0.25, -0.2) is 0 Å². The van der Waals surface area contributed by atoms with Gasteiger partial charge >= 0.3 is 0 Å². The Morgan fingerprint density at radius 3 is 2.59 bits per heavy atom. The molecule has 0 saturated heterocycles. The van der Waals surface area contributed by atoms with Crippen LogP contribution in [0.5, 0.6) is 0 Å². The van der Waals surface area contributed by atoms with E-state index in [1.807, 2.05) is 18.3 Å². The van der Waals surface area contributed by atoms with Crippen LogP contribution in [0.25, 0.3) is 0 Å². The van der Waals surface area contributed by atoms with Gasteiger partial charge in [-0.15, -0.1) is 0 Å². The molecule has 0 N–H and O–H groups in total. The Morgan fingerprint density at radius 1 is 1.12 bits per heavy atom. The SMILES string of the molecule is CC(C)=CCC/C(C)=C/CCc1ccccn1. The van der Waals surface area contributed by atoms with E-state index in [-0.39, 0.29) is 0 Å². The summed E-state index contributed by atoms with van der Waals surface area (Å²) in [7, 11) is 0. The minimum Gasteiger partial charge on any atom is -0.261 e. The number of aryl methyl sites for hydroxylation is 1. The zero-order chi connectivity index (χ0) is 12.5. The molecule has 1 aromatic rings. The van der Waals surface area contributed by atoms with E-state index in [1.54, 1.807) is 0 Å². The van der Waals surface area contributed by atoms with Gasteiger partial charge in [-0.3, -0.25) is 4.98 Å². The highest BCUT2D eigenvalue weighted by molar-refractivity contribution is 5.07. The molecule has 1 heterocycles. The van der Waals surface area contributed by atoms with Crippen LogP contribution in [0.2, 0.25) is 0 Å². The van der Waals surface area contributed by atoms with Crippen molar-refractivity contribution in [1.29, 1.82) is 0 Å². The van der Waals surface area contributed by atoms with Crippen molar-refractivity contribution in [2.24, 2.45) is 0 Å². The highest BCUT2D eigenvalue weighted by atomic mass is 14.7. The Morgan fingerprint density at radius 2 is 1.94 bits per heavy atom. The monoisotopic (exact) mass is 229 g/mol. The van der Waals surface area contributed by atoms with Crippen molar-refractivity contribution >= 4 is 0 Å². The molecule has 0 aliphatic carbocycles. The molecule has 1 heteroatoms.